The average Bonchev–Trinajstić information content (AvgIpc) is 2.78. The van der Waals surface area contributed by atoms with Crippen molar-refractivity contribution in [2.75, 3.05) is 11.9 Å². The Hall–Kier alpha value is -3.37. The molecule has 1 aliphatic rings. The van der Waals surface area contributed by atoms with Gasteiger partial charge in [-0.2, -0.15) is 0 Å². The maximum absolute atomic E-state index is 13.6. The minimum Gasteiger partial charge on any atom is -0.342 e. The Bertz CT molecular complexity index is 1220. The van der Waals surface area contributed by atoms with Crippen LogP contribution in [0.15, 0.2) is 107 Å². The van der Waals surface area contributed by atoms with E-state index in [0.29, 0.717) is 21.2 Å². The molecule has 29 heavy (non-hydrogen) atoms. The third-order valence-electron chi connectivity index (χ3n) is 5.44. The van der Waals surface area contributed by atoms with E-state index >= 15 is 0 Å². The summed E-state index contributed by atoms with van der Waals surface area (Å²) >= 11 is 0. The molecule has 0 bridgehead atoms. The van der Waals surface area contributed by atoms with E-state index in [1.807, 2.05) is 96.9 Å². The van der Waals surface area contributed by atoms with E-state index in [9.17, 15) is 8.42 Å². The summed E-state index contributed by atoms with van der Waals surface area (Å²) in [5, 5.41) is 0. The summed E-state index contributed by atoms with van der Waals surface area (Å²) in [5.41, 5.74) is 5.18. The van der Waals surface area contributed by atoms with Gasteiger partial charge in [0, 0.05) is 7.05 Å². The largest absolute Gasteiger partial charge is 0.342 e. The molecular formula is C25H19NO2S. The van der Waals surface area contributed by atoms with Gasteiger partial charge in [0.25, 0.3) is 0 Å². The molecule has 1 aliphatic heterocycles. The van der Waals surface area contributed by atoms with Gasteiger partial charge >= 0.3 is 0 Å². The molecule has 0 unspecified atom stereocenters. The van der Waals surface area contributed by atoms with Crippen LogP contribution in [0.4, 0.5) is 11.4 Å². The Kier molecular flexibility index (Phi) is 4.03. The van der Waals surface area contributed by atoms with Crippen LogP contribution in [0.5, 0.6) is 0 Å². The van der Waals surface area contributed by atoms with Gasteiger partial charge in [0.2, 0.25) is 9.84 Å². The smallest absolute Gasteiger partial charge is 0.210 e. The summed E-state index contributed by atoms with van der Waals surface area (Å²) in [6.07, 6.45) is 0. The normalized spacial score (nSPS) is 14.2. The monoisotopic (exact) mass is 397 g/mol. The molecule has 0 N–H and O–H groups in total. The number of benzene rings is 4. The van der Waals surface area contributed by atoms with E-state index in [-0.39, 0.29) is 0 Å². The molecule has 0 fully saturated rings. The van der Waals surface area contributed by atoms with E-state index in [0.717, 1.165) is 22.3 Å². The van der Waals surface area contributed by atoms with Gasteiger partial charge in [0.1, 0.15) is 0 Å². The van der Waals surface area contributed by atoms with Crippen LogP contribution in [-0.2, 0) is 9.84 Å². The van der Waals surface area contributed by atoms with Crippen molar-refractivity contribution in [3.05, 3.63) is 97.1 Å². The minimum atomic E-state index is -3.64. The first-order valence-electron chi connectivity index (χ1n) is 9.43. The van der Waals surface area contributed by atoms with Gasteiger partial charge in [0.15, 0.2) is 0 Å². The molecule has 142 valence electrons. The van der Waals surface area contributed by atoms with Crippen molar-refractivity contribution in [3.8, 4) is 22.3 Å². The van der Waals surface area contributed by atoms with Gasteiger partial charge in [-0.3, -0.25) is 0 Å². The number of sulfone groups is 1. The van der Waals surface area contributed by atoms with Crippen molar-refractivity contribution >= 4 is 21.2 Å². The molecule has 1 heterocycles. The summed E-state index contributed by atoms with van der Waals surface area (Å²) in [6, 6.07) is 31.0. The second kappa shape index (κ2) is 6.61. The van der Waals surface area contributed by atoms with Crippen LogP contribution in [0, 0.1) is 0 Å². The van der Waals surface area contributed by atoms with Crippen molar-refractivity contribution in [1.82, 2.24) is 0 Å². The van der Waals surface area contributed by atoms with E-state index in [1.165, 1.54) is 0 Å². The SMILES string of the molecule is CN1c2ccc(-c3ccccc3)cc2S(=O)(=O)c2cc(-c3ccccc3)ccc21. The van der Waals surface area contributed by atoms with Gasteiger partial charge in [-0.05, 0) is 46.5 Å². The molecular weight excluding hydrogens is 378 g/mol. The van der Waals surface area contributed by atoms with E-state index in [2.05, 4.69) is 0 Å². The fourth-order valence-electron chi connectivity index (χ4n) is 3.88. The highest BCUT2D eigenvalue weighted by molar-refractivity contribution is 7.92. The number of fused-ring (bicyclic) bond motifs is 2. The number of rotatable bonds is 2. The van der Waals surface area contributed by atoms with Gasteiger partial charge in [-0.15, -0.1) is 0 Å². The molecule has 0 saturated carbocycles. The first-order chi connectivity index (χ1) is 14.1. The zero-order valence-electron chi connectivity index (χ0n) is 15.9. The molecule has 4 heteroatoms. The van der Waals surface area contributed by atoms with Gasteiger partial charge < -0.3 is 4.90 Å². The van der Waals surface area contributed by atoms with Crippen molar-refractivity contribution in [1.29, 1.82) is 0 Å². The molecule has 4 aromatic carbocycles. The first-order valence-corrected chi connectivity index (χ1v) is 10.9. The molecule has 0 spiro atoms. The highest BCUT2D eigenvalue weighted by Crippen LogP contribution is 2.45. The molecule has 4 aromatic rings. The van der Waals surface area contributed by atoms with Crippen LogP contribution in [0.25, 0.3) is 22.3 Å². The van der Waals surface area contributed by atoms with Crippen LogP contribution < -0.4 is 4.90 Å². The Labute approximate surface area is 170 Å². The molecule has 0 saturated heterocycles. The Morgan fingerprint density at radius 1 is 0.552 bits per heavy atom. The third-order valence-corrected chi connectivity index (χ3v) is 7.25. The van der Waals surface area contributed by atoms with E-state index in [1.54, 1.807) is 12.1 Å². The summed E-state index contributed by atoms with van der Waals surface area (Å²) in [5.74, 6) is 0. The van der Waals surface area contributed by atoms with Crippen molar-refractivity contribution in [3.63, 3.8) is 0 Å². The topological polar surface area (TPSA) is 37.4 Å². The van der Waals surface area contributed by atoms with E-state index < -0.39 is 9.84 Å². The summed E-state index contributed by atoms with van der Waals surface area (Å²) in [6.45, 7) is 0. The third kappa shape index (κ3) is 2.84. The van der Waals surface area contributed by atoms with E-state index in [4.69, 9.17) is 0 Å². The summed E-state index contributed by atoms with van der Waals surface area (Å²) in [7, 11) is -1.72. The lowest BCUT2D eigenvalue weighted by Gasteiger charge is -2.30. The molecule has 0 amide bonds. The van der Waals surface area contributed by atoms with Crippen molar-refractivity contribution in [2.24, 2.45) is 0 Å². The molecule has 0 aromatic heterocycles. The van der Waals surface area contributed by atoms with Crippen LogP contribution in [0.1, 0.15) is 0 Å². The fraction of sp³-hybridized carbons (Fsp3) is 0.0400. The maximum atomic E-state index is 13.6. The van der Waals surface area contributed by atoms with Crippen LogP contribution in [0.3, 0.4) is 0 Å². The number of hydrogen-bond donors (Lipinski definition) is 0. The lowest BCUT2D eigenvalue weighted by molar-refractivity contribution is 0.594. The van der Waals surface area contributed by atoms with Crippen molar-refractivity contribution in [2.45, 2.75) is 9.79 Å². The molecule has 5 rings (SSSR count). The molecule has 0 atom stereocenters. The second-order valence-electron chi connectivity index (χ2n) is 7.16. The molecule has 0 radical (unpaired) electrons. The Morgan fingerprint density at radius 2 is 0.966 bits per heavy atom. The predicted molar refractivity (Wildman–Crippen MR) is 117 cm³/mol. The van der Waals surface area contributed by atoms with Crippen molar-refractivity contribution < 1.29 is 8.42 Å². The van der Waals surface area contributed by atoms with Crippen LogP contribution in [0.2, 0.25) is 0 Å². The zero-order chi connectivity index (χ0) is 20.0. The fourth-order valence-corrected chi connectivity index (χ4v) is 5.64. The first kappa shape index (κ1) is 17.7. The highest BCUT2D eigenvalue weighted by Gasteiger charge is 2.33. The highest BCUT2D eigenvalue weighted by atomic mass is 32.2. The quantitative estimate of drug-likeness (QED) is 0.420. The Balaban J connectivity index is 1.70. The zero-order valence-corrected chi connectivity index (χ0v) is 16.7. The van der Waals surface area contributed by atoms with Gasteiger partial charge in [-0.1, -0.05) is 72.8 Å². The van der Waals surface area contributed by atoms with Gasteiger partial charge in [-0.25, -0.2) is 8.42 Å². The lowest BCUT2D eigenvalue weighted by Crippen LogP contribution is -2.22. The minimum absolute atomic E-state index is 0.346. The summed E-state index contributed by atoms with van der Waals surface area (Å²) < 4.78 is 27.2. The van der Waals surface area contributed by atoms with Gasteiger partial charge in [0.05, 0.1) is 21.2 Å². The average molecular weight is 397 g/mol. The summed E-state index contributed by atoms with van der Waals surface area (Å²) in [4.78, 5) is 2.65. The standard InChI is InChI=1S/C25H19NO2S/c1-26-22-14-12-20(18-8-4-2-5-9-18)16-24(22)29(27,28)25-17-21(13-15-23(25)26)19-10-6-3-7-11-19/h2-17H,1H3. The number of hydrogen-bond acceptors (Lipinski definition) is 3. The maximum Gasteiger partial charge on any atom is 0.210 e. The second-order valence-corrected chi connectivity index (χ2v) is 9.05. The number of anilines is 2. The predicted octanol–water partition coefficient (Wildman–Crippen LogP) is 5.93. The Morgan fingerprint density at radius 3 is 1.38 bits per heavy atom. The molecule has 3 nitrogen and oxygen atoms in total. The van der Waals surface area contributed by atoms with Crippen LogP contribution >= 0.6 is 0 Å². The lowest BCUT2D eigenvalue weighted by atomic mass is 10.0. The number of nitrogens with zero attached hydrogens (tertiary/aromatic N) is 1. The molecule has 0 aliphatic carbocycles. The van der Waals surface area contributed by atoms with Crippen LogP contribution in [-0.4, -0.2) is 15.5 Å².